The summed E-state index contributed by atoms with van der Waals surface area (Å²) in [5.41, 5.74) is 12.3. The first-order valence-electron chi connectivity index (χ1n) is 6.18. The van der Waals surface area contributed by atoms with Gasteiger partial charge in [0.15, 0.2) is 0 Å². The molecule has 0 unspecified atom stereocenters. The minimum atomic E-state index is -0.529. The van der Waals surface area contributed by atoms with E-state index >= 15 is 0 Å². The molecule has 1 aromatic rings. The van der Waals surface area contributed by atoms with Gasteiger partial charge in [-0.2, -0.15) is 11.8 Å². The van der Waals surface area contributed by atoms with Crippen LogP contribution < -0.4 is 16.8 Å². The van der Waals surface area contributed by atoms with Crippen molar-refractivity contribution in [1.82, 2.24) is 0 Å². The van der Waals surface area contributed by atoms with Crippen molar-refractivity contribution in [2.75, 3.05) is 29.6 Å². The van der Waals surface area contributed by atoms with Gasteiger partial charge in [0.1, 0.15) is 0 Å². The van der Waals surface area contributed by atoms with Crippen LogP contribution in [0.3, 0.4) is 0 Å². The number of carbonyl (C=O) groups is 1. The van der Waals surface area contributed by atoms with Gasteiger partial charge in [-0.15, -0.1) is 0 Å². The molecule has 4 nitrogen and oxygen atoms in total. The third-order valence-corrected chi connectivity index (χ3v) is 3.70. The number of primary amides is 1. The Bertz CT molecular complexity index is 440. The molecule has 0 spiro atoms. The zero-order valence-corrected chi connectivity index (χ0v) is 12.6. The highest BCUT2D eigenvalue weighted by Gasteiger charge is 2.12. The molecule has 0 heterocycles. The van der Waals surface area contributed by atoms with E-state index in [1.807, 2.05) is 11.8 Å². The van der Waals surface area contributed by atoms with E-state index < -0.39 is 5.91 Å². The summed E-state index contributed by atoms with van der Waals surface area (Å²) < 4.78 is 0. The molecule has 0 bridgehead atoms. The number of benzene rings is 1. The summed E-state index contributed by atoms with van der Waals surface area (Å²) in [6.07, 6.45) is 5.47. The summed E-state index contributed by atoms with van der Waals surface area (Å²) in [6, 6.07) is 3.16. The highest BCUT2D eigenvalue weighted by Crippen LogP contribution is 2.29. The van der Waals surface area contributed by atoms with Crippen LogP contribution in [0.15, 0.2) is 12.1 Å². The second-order valence-corrected chi connectivity index (χ2v) is 5.66. The zero-order valence-electron chi connectivity index (χ0n) is 11.0. The minimum absolute atomic E-state index is 0.342. The van der Waals surface area contributed by atoms with Gasteiger partial charge in [-0.1, -0.05) is 18.0 Å². The molecule has 0 aliphatic carbocycles. The molecule has 19 heavy (non-hydrogen) atoms. The lowest BCUT2D eigenvalue weighted by Crippen LogP contribution is -2.16. The van der Waals surface area contributed by atoms with Gasteiger partial charge in [0.2, 0.25) is 0 Å². The van der Waals surface area contributed by atoms with Crippen molar-refractivity contribution in [3.05, 3.63) is 22.7 Å². The number of amides is 1. The smallest absolute Gasteiger partial charge is 0.250 e. The molecule has 1 rings (SSSR count). The molecular weight excluding hydrogens is 282 g/mol. The Balaban J connectivity index is 2.59. The van der Waals surface area contributed by atoms with Crippen molar-refractivity contribution in [2.45, 2.75) is 19.3 Å². The maximum atomic E-state index is 11.4. The Morgan fingerprint density at radius 3 is 2.74 bits per heavy atom. The van der Waals surface area contributed by atoms with Crippen LogP contribution in [0.25, 0.3) is 0 Å². The van der Waals surface area contributed by atoms with Crippen molar-refractivity contribution in [2.24, 2.45) is 5.73 Å². The lowest BCUT2D eigenvalue weighted by molar-refractivity contribution is 0.100. The predicted molar refractivity (Wildman–Crippen MR) is 85.1 cm³/mol. The number of unbranched alkanes of at least 4 members (excludes halogenated alkanes) is 2. The molecule has 0 saturated heterocycles. The first-order chi connectivity index (χ1) is 9.06. The number of hydrogen-bond acceptors (Lipinski definition) is 4. The number of halogens is 1. The largest absolute Gasteiger partial charge is 0.399 e. The van der Waals surface area contributed by atoms with E-state index in [0.29, 0.717) is 22.0 Å². The molecule has 0 atom stereocenters. The van der Waals surface area contributed by atoms with Crippen molar-refractivity contribution in [3.63, 3.8) is 0 Å². The lowest BCUT2D eigenvalue weighted by Gasteiger charge is -2.13. The number of carbonyl (C=O) groups excluding carboxylic acids is 1. The maximum absolute atomic E-state index is 11.4. The predicted octanol–water partition coefficient (Wildman–Crippen LogP) is 2.97. The molecule has 5 N–H and O–H groups in total. The van der Waals surface area contributed by atoms with Crippen molar-refractivity contribution in [3.8, 4) is 0 Å². The fraction of sp³-hybridized carbons (Fsp3) is 0.462. The zero-order chi connectivity index (χ0) is 14.3. The third-order valence-electron chi connectivity index (χ3n) is 2.71. The van der Waals surface area contributed by atoms with Crippen LogP contribution in [0.4, 0.5) is 11.4 Å². The van der Waals surface area contributed by atoms with Gasteiger partial charge in [-0.3, -0.25) is 4.79 Å². The van der Waals surface area contributed by atoms with Crippen LogP contribution in [-0.4, -0.2) is 24.5 Å². The number of anilines is 2. The Labute approximate surface area is 123 Å². The standard InChI is InChI=1S/C13H20ClN3OS/c1-19-6-4-2-3-5-17-12-10(13(16)18)7-9(15)8-11(12)14/h7-8,17H,2-6,15H2,1H3,(H2,16,18). The number of rotatable bonds is 8. The maximum Gasteiger partial charge on any atom is 0.250 e. The second-order valence-electron chi connectivity index (χ2n) is 4.27. The van der Waals surface area contributed by atoms with Gasteiger partial charge >= 0.3 is 0 Å². The molecule has 0 radical (unpaired) electrons. The number of nitrogens with one attached hydrogen (secondary N) is 1. The van der Waals surface area contributed by atoms with Gasteiger partial charge in [0.05, 0.1) is 16.3 Å². The van der Waals surface area contributed by atoms with Crippen LogP contribution in [0.2, 0.25) is 5.02 Å². The molecule has 0 aliphatic rings. The lowest BCUT2D eigenvalue weighted by atomic mass is 10.1. The van der Waals surface area contributed by atoms with Gasteiger partial charge < -0.3 is 16.8 Å². The second kappa shape index (κ2) is 8.17. The summed E-state index contributed by atoms with van der Waals surface area (Å²) >= 11 is 7.94. The normalized spacial score (nSPS) is 10.4. The van der Waals surface area contributed by atoms with E-state index in [1.165, 1.54) is 12.2 Å². The van der Waals surface area contributed by atoms with Crippen LogP contribution in [-0.2, 0) is 0 Å². The molecule has 6 heteroatoms. The van der Waals surface area contributed by atoms with E-state index in [9.17, 15) is 4.79 Å². The summed E-state index contributed by atoms with van der Waals surface area (Å²) in [6.45, 7) is 0.762. The molecule has 0 aliphatic heterocycles. The van der Waals surface area contributed by atoms with E-state index in [-0.39, 0.29) is 0 Å². The first-order valence-corrected chi connectivity index (χ1v) is 7.95. The van der Waals surface area contributed by atoms with Gasteiger partial charge in [0, 0.05) is 12.2 Å². The van der Waals surface area contributed by atoms with Gasteiger partial charge in [0.25, 0.3) is 5.91 Å². The summed E-state index contributed by atoms with van der Waals surface area (Å²) in [4.78, 5) is 11.4. The van der Waals surface area contributed by atoms with Gasteiger partial charge in [-0.05, 0) is 37.0 Å². The SMILES string of the molecule is CSCCCCCNc1c(Cl)cc(N)cc1C(N)=O. The molecule has 1 amide bonds. The number of hydrogen-bond donors (Lipinski definition) is 3. The quantitative estimate of drug-likeness (QED) is 0.509. The Morgan fingerprint density at radius 1 is 1.37 bits per heavy atom. The summed E-state index contributed by atoms with van der Waals surface area (Å²) in [5, 5.41) is 3.60. The topological polar surface area (TPSA) is 81.1 Å². The number of nitrogens with two attached hydrogens (primary N) is 2. The van der Waals surface area contributed by atoms with Crippen molar-refractivity contribution >= 4 is 40.6 Å². The molecule has 1 aromatic carbocycles. The highest BCUT2D eigenvalue weighted by atomic mass is 35.5. The average Bonchev–Trinajstić information content (AvgIpc) is 2.34. The van der Waals surface area contributed by atoms with Crippen molar-refractivity contribution in [1.29, 1.82) is 0 Å². The number of thioether (sulfide) groups is 1. The average molecular weight is 302 g/mol. The van der Waals surface area contributed by atoms with Crippen LogP contribution in [0.5, 0.6) is 0 Å². The molecule has 0 fully saturated rings. The Morgan fingerprint density at radius 2 is 2.11 bits per heavy atom. The van der Waals surface area contributed by atoms with Crippen LogP contribution >= 0.6 is 23.4 Å². The van der Waals surface area contributed by atoms with E-state index in [0.717, 1.165) is 19.4 Å². The summed E-state index contributed by atoms with van der Waals surface area (Å²) in [5.74, 6) is 0.647. The third kappa shape index (κ3) is 5.20. The Hall–Kier alpha value is -1.07. The molecule has 106 valence electrons. The number of nitrogen functional groups attached to an aromatic ring is 1. The monoisotopic (exact) mass is 301 g/mol. The van der Waals surface area contributed by atoms with E-state index in [1.54, 1.807) is 12.1 Å². The molecular formula is C13H20ClN3OS. The first kappa shape index (κ1) is 16.0. The Kier molecular flexibility index (Phi) is 6.87. The van der Waals surface area contributed by atoms with Crippen LogP contribution in [0, 0.1) is 0 Å². The molecule has 0 saturated carbocycles. The van der Waals surface area contributed by atoms with E-state index in [4.69, 9.17) is 23.1 Å². The fourth-order valence-corrected chi connectivity index (χ4v) is 2.55. The van der Waals surface area contributed by atoms with Crippen molar-refractivity contribution < 1.29 is 4.79 Å². The fourth-order valence-electron chi connectivity index (χ4n) is 1.76. The van der Waals surface area contributed by atoms with E-state index in [2.05, 4.69) is 11.6 Å². The van der Waals surface area contributed by atoms with Crippen LogP contribution in [0.1, 0.15) is 29.6 Å². The molecule has 0 aromatic heterocycles. The summed E-state index contributed by atoms with van der Waals surface area (Å²) in [7, 11) is 0. The van der Waals surface area contributed by atoms with Gasteiger partial charge in [-0.25, -0.2) is 0 Å². The highest BCUT2D eigenvalue weighted by molar-refractivity contribution is 7.98. The minimum Gasteiger partial charge on any atom is -0.399 e.